The molecular weight excluding hydrogens is 314 g/mol. The van der Waals surface area contributed by atoms with Crippen LogP contribution in [0, 0.1) is 17.3 Å². The maximum atomic E-state index is 10.9. The van der Waals surface area contributed by atoms with Gasteiger partial charge in [-0.15, -0.1) is 0 Å². The van der Waals surface area contributed by atoms with Crippen LogP contribution < -0.4 is 4.74 Å². The summed E-state index contributed by atoms with van der Waals surface area (Å²) in [6.45, 7) is 11.7. The SMILES string of the molecule is C[C@@H]1Cc2cc(OCC(C)(C)C)ccc2C=C1CN1CC(C(=O)O)C1. The monoisotopic (exact) mass is 343 g/mol. The number of nitrogens with zero attached hydrogens (tertiary/aromatic N) is 1. The molecule has 0 aromatic heterocycles. The Morgan fingerprint density at radius 2 is 2.04 bits per heavy atom. The molecular formula is C21H29NO3. The lowest BCUT2D eigenvalue weighted by Gasteiger charge is -2.38. The Kier molecular flexibility index (Phi) is 4.92. The molecule has 4 nitrogen and oxygen atoms in total. The minimum Gasteiger partial charge on any atom is -0.493 e. The van der Waals surface area contributed by atoms with E-state index in [2.05, 4.69) is 56.9 Å². The molecule has 1 fully saturated rings. The first-order valence-corrected chi connectivity index (χ1v) is 9.12. The molecule has 3 rings (SSSR count). The van der Waals surface area contributed by atoms with Crippen molar-refractivity contribution in [3.05, 3.63) is 34.9 Å². The second-order valence-electron chi connectivity index (χ2n) is 8.76. The van der Waals surface area contributed by atoms with Gasteiger partial charge in [0.1, 0.15) is 5.75 Å². The minimum absolute atomic E-state index is 0.154. The summed E-state index contributed by atoms with van der Waals surface area (Å²) in [5.41, 5.74) is 4.17. The zero-order chi connectivity index (χ0) is 18.2. The number of hydrogen-bond donors (Lipinski definition) is 1. The molecule has 1 aromatic rings. The van der Waals surface area contributed by atoms with Crippen LogP contribution in [0.4, 0.5) is 0 Å². The van der Waals surface area contributed by atoms with Crippen molar-refractivity contribution < 1.29 is 14.6 Å². The molecule has 1 aliphatic heterocycles. The van der Waals surface area contributed by atoms with Crippen molar-refractivity contribution in [3.8, 4) is 5.75 Å². The summed E-state index contributed by atoms with van der Waals surface area (Å²) in [7, 11) is 0. The van der Waals surface area contributed by atoms with Gasteiger partial charge in [-0.3, -0.25) is 9.69 Å². The molecule has 1 aromatic carbocycles. The average Bonchev–Trinajstić information content (AvgIpc) is 2.47. The van der Waals surface area contributed by atoms with Gasteiger partial charge in [0.25, 0.3) is 0 Å². The number of likely N-dealkylation sites (tertiary alicyclic amines) is 1. The molecule has 0 saturated carbocycles. The number of carbonyl (C=O) groups is 1. The first kappa shape index (κ1) is 18.0. The molecule has 4 heteroatoms. The van der Waals surface area contributed by atoms with Crippen LogP contribution in [-0.2, 0) is 11.2 Å². The molecule has 0 bridgehead atoms. The Bertz CT molecular complexity index is 681. The van der Waals surface area contributed by atoms with Gasteiger partial charge < -0.3 is 9.84 Å². The molecule has 2 aliphatic rings. The van der Waals surface area contributed by atoms with Crippen molar-refractivity contribution in [3.63, 3.8) is 0 Å². The Balaban J connectivity index is 1.65. The largest absolute Gasteiger partial charge is 0.493 e. The Morgan fingerprint density at radius 1 is 1.32 bits per heavy atom. The van der Waals surface area contributed by atoms with E-state index in [1.165, 1.54) is 16.7 Å². The van der Waals surface area contributed by atoms with Gasteiger partial charge in [-0.2, -0.15) is 0 Å². The normalized spacial score (nSPS) is 21.3. The topological polar surface area (TPSA) is 49.8 Å². The molecule has 0 radical (unpaired) electrons. The number of hydrogen-bond acceptors (Lipinski definition) is 3. The van der Waals surface area contributed by atoms with E-state index in [0.29, 0.717) is 25.6 Å². The fraction of sp³-hybridized carbons (Fsp3) is 0.571. The van der Waals surface area contributed by atoms with Crippen LogP contribution in [-0.4, -0.2) is 42.2 Å². The fourth-order valence-corrected chi connectivity index (χ4v) is 3.41. The summed E-state index contributed by atoms with van der Waals surface area (Å²) in [5.74, 6) is 0.573. The van der Waals surface area contributed by atoms with E-state index in [-0.39, 0.29) is 11.3 Å². The summed E-state index contributed by atoms with van der Waals surface area (Å²) in [6.07, 6.45) is 3.30. The third-order valence-electron chi connectivity index (χ3n) is 5.00. The number of carboxylic acid groups (broad SMARTS) is 1. The summed E-state index contributed by atoms with van der Waals surface area (Å²) in [5, 5.41) is 9.01. The molecule has 0 amide bonds. The van der Waals surface area contributed by atoms with Crippen molar-refractivity contribution >= 4 is 12.0 Å². The molecule has 0 spiro atoms. The van der Waals surface area contributed by atoms with Crippen molar-refractivity contribution in [2.75, 3.05) is 26.2 Å². The van der Waals surface area contributed by atoms with Gasteiger partial charge in [-0.05, 0) is 41.0 Å². The first-order chi connectivity index (χ1) is 11.7. The lowest BCUT2D eigenvalue weighted by Crippen LogP contribution is -2.51. The van der Waals surface area contributed by atoms with Crippen LogP contribution in [0.2, 0.25) is 0 Å². The van der Waals surface area contributed by atoms with Crippen molar-refractivity contribution in [2.45, 2.75) is 34.1 Å². The third kappa shape index (κ3) is 4.43. The number of aliphatic carboxylic acids is 1. The number of rotatable bonds is 5. The molecule has 0 unspecified atom stereocenters. The molecule has 136 valence electrons. The van der Waals surface area contributed by atoms with Crippen molar-refractivity contribution in [1.29, 1.82) is 0 Å². The van der Waals surface area contributed by atoms with Crippen molar-refractivity contribution in [1.82, 2.24) is 4.90 Å². The highest BCUT2D eigenvalue weighted by atomic mass is 16.5. The van der Waals surface area contributed by atoms with E-state index in [1.807, 2.05) is 0 Å². The highest BCUT2D eigenvalue weighted by molar-refractivity contribution is 5.71. The van der Waals surface area contributed by atoms with Gasteiger partial charge in [0.15, 0.2) is 0 Å². The number of ether oxygens (including phenoxy) is 1. The molecule has 1 aliphatic carbocycles. The van der Waals surface area contributed by atoms with Gasteiger partial charge in [-0.25, -0.2) is 0 Å². The summed E-state index contributed by atoms with van der Waals surface area (Å²) >= 11 is 0. The van der Waals surface area contributed by atoms with Crippen LogP contribution in [0.25, 0.3) is 6.08 Å². The summed E-state index contributed by atoms with van der Waals surface area (Å²) in [6, 6.07) is 6.38. The van der Waals surface area contributed by atoms with E-state index in [4.69, 9.17) is 9.84 Å². The second-order valence-corrected chi connectivity index (χ2v) is 8.76. The van der Waals surface area contributed by atoms with Gasteiger partial charge in [0.2, 0.25) is 0 Å². The lowest BCUT2D eigenvalue weighted by molar-refractivity contribution is -0.147. The quantitative estimate of drug-likeness (QED) is 0.885. The van der Waals surface area contributed by atoms with Crippen molar-refractivity contribution in [2.24, 2.45) is 17.3 Å². The molecule has 25 heavy (non-hydrogen) atoms. The Morgan fingerprint density at radius 3 is 2.68 bits per heavy atom. The number of carboxylic acids is 1. The maximum absolute atomic E-state index is 10.9. The van der Waals surface area contributed by atoms with E-state index < -0.39 is 5.97 Å². The highest BCUT2D eigenvalue weighted by Gasteiger charge is 2.33. The molecule has 1 N–H and O–H groups in total. The lowest BCUT2D eigenvalue weighted by atomic mass is 9.83. The molecule has 1 saturated heterocycles. The predicted molar refractivity (Wildman–Crippen MR) is 99.8 cm³/mol. The van der Waals surface area contributed by atoms with E-state index in [0.717, 1.165) is 18.7 Å². The average molecular weight is 343 g/mol. The summed E-state index contributed by atoms with van der Waals surface area (Å²) in [4.78, 5) is 13.2. The van der Waals surface area contributed by atoms with E-state index in [9.17, 15) is 4.79 Å². The van der Waals surface area contributed by atoms with Crippen LogP contribution in [0.5, 0.6) is 5.75 Å². The van der Waals surface area contributed by atoms with Gasteiger partial charge >= 0.3 is 5.97 Å². The second kappa shape index (κ2) is 6.83. The van der Waals surface area contributed by atoms with Gasteiger partial charge in [0.05, 0.1) is 12.5 Å². The summed E-state index contributed by atoms with van der Waals surface area (Å²) < 4.78 is 5.94. The smallest absolute Gasteiger partial charge is 0.309 e. The third-order valence-corrected chi connectivity index (χ3v) is 5.00. The van der Waals surface area contributed by atoms with E-state index >= 15 is 0 Å². The van der Waals surface area contributed by atoms with Crippen LogP contribution in [0.1, 0.15) is 38.8 Å². The molecule has 1 atom stereocenters. The van der Waals surface area contributed by atoms with Gasteiger partial charge in [0, 0.05) is 19.6 Å². The minimum atomic E-state index is -0.671. The predicted octanol–water partition coefficient (Wildman–Crippen LogP) is 3.70. The Hall–Kier alpha value is -1.81. The van der Waals surface area contributed by atoms with Gasteiger partial charge in [-0.1, -0.05) is 45.4 Å². The first-order valence-electron chi connectivity index (χ1n) is 9.12. The van der Waals surface area contributed by atoms with Crippen LogP contribution in [0.3, 0.4) is 0 Å². The highest BCUT2D eigenvalue weighted by Crippen LogP contribution is 2.32. The Labute approximate surface area is 150 Å². The number of fused-ring (bicyclic) bond motifs is 1. The zero-order valence-electron chi connectivity index (χ0n) is 15.7. The maximum Gasteiger partial charge on any atom is 0.309 e. The number of benzene rings is 1. The van der Waals surface area contributed by atoms with E-state index in [1.54, 1.807) is 0 Å². The fourth-order valence-electron chi connectivity index (χ4n) is 3.41. The standard InChI is InChI=1S/C21H29NO3/c1-14-7-16-9-19(25-13-21(2,3)4)6-5-15(16)8-17(14)10-22-11-18(12-22)20(23)24/h5-6,8-9,14,18H,7,10-13H2,1-4H3,(H,23,24)/t14-/m1/s1. The van der Waals surface area contributed by atoms with Crippen LogP contribution in [0.15, 0.2) is 23.8 Å². The zero-order valence-corrected chi connectivity index (χ0v) is 15.7. The molecule has 1 heterocycles. The van der Waals surface area contributed by atoms with Crippen LogP contribution >= 0.6 is 0 Å².